The van der Waals surface area contributed by atoms with Gasteiger partial charge in [0.15, 0.2) is 6.19 Å². The number of ether oxygens (including phenoxy) is 1. The Bertz CT molecular complexity index is 1320. The monoisotopic (exact) mass is 577 g/mol. The summed E-state index contributed by atoms with van der Waals surface area (Å²) < 4.78 is 29.8. The van der Waals surface area contributed by atoms with Crippen molar-refractivity contribution in [1.29, 1.82) is 5.26 Å². The number of likely N-dealkylation sites (N-methyl/N-ethyl adjacent to an activating group) is 1. The molecule has 39 heavy (non-hydrogen) atoms. The van der Waals surface area contributed by atoms with Gasteiger partial charge in [-0.15, -0.1) is 0 Å². The van der Waals surface area contributed by atoms with Crippen molar-refractivity contribution in [2.75, 3.05) is 13.1 Å². The smallest absolute Gasteiger partial charge is 0.387 e. The summed E-state index contributed by atoms with van der Waals surface area (Å²) in [6, 6.07) is 10.1. The Morgan fingerprint density at radius 1 is 1.31 bits per heavy atom. The zero-order chi connectivity index (χ0) is 28.1. The van der Waals surface area contributed by atoms with Gasteiger partial charge in [-0.25, -0.2) is 10.0 Å². The van der Waals surface area contributed by atoms with Crippen LogP contribution in [0.3, 0.4) is 0 Å². The van der Waals surface area contributed by atoms with E-state index in [1.165, 1.54) is 23.2 Å². The molecule has 0 bridgehead atoms. The lowest BCUT2D eigenvalue weighted by atomic mass is 9.98. The summed E-state index contributed by atoms with van der Waals surface area (Å²) in [5, 5.41) is 18.8. The van der Waals surface area contributed by atoms with E-state index in [4.69, 9.17) is 34.0 Å². The lowest BCUT2D eigenvalue weighted by Gasteiger charge is -2.32. The summed E-state index contributed by atoms with van der Waals surface area (Å²) in [6.45, 7) is -0.557. The molecule has 0 saturated heterocycles. The summed E-state index contributed by atoms with van der Waals surface area (Å²) in [7, 11) is 0. The van der Waals surface area contributed by atoms with Gasteiger partial charge in [0, 0.05) is 24.2 Å². The average Bonchev–Trinajstić information content (AvgIpc) is 3.52. The van der Waals surface area contributed by atoms with Crippen LogP contribution in [0.5, 0.6) is 5.75 Å². The molecule has 1 aliphatic carbocycles. The van der Waals surface area contributed by atoms with Gasteiger partial charge in [0.2, 0.25) is 11.9 Å². The fourth-order valence-corrected chi connectivity index (χ4v) is 5.16. The highest BCUT2D eigenvalue weighted by atomic mass is 35.5. The molecule has 1 unspecified atom stereocenters. The number of hydrogen-bond acceptors (Lipinski definition) is 6. The first-order valence-corrected chi connectivity index (χ1v) is 13.1. The molecule has 3 N–H and O–H groups in total. The van der Waals surface area contributed by atoms with Crippen molar-refractivity contribution in [1.82, 2.24) is 15.2 Å². The number of nitrogens with zero attached hydrogens (tertiary/aromatic N) is 5. The molecule has 1 amide bonds. The number of hydrogen-bond donors (Lipinski definition) is 2. The Morgan fingerprint density at radius 2 is 2.10 bits per heavy atom. The summed E-state index contributed by atoms with van der Waals surface area (Å²) >= 11 is 12.4. The number of nitrogens with one attached hydrogen (secondary N) is 1. The highest BCUT2D eigenvalue weighted by Crippen LogP contribution is 2.31. The van der Waals surface area contributed by atoms with E-state index in [-0.39, 0.29) is 41.8 Å². The third kappa shape index (κ3) is 6.58. The van der Waals surface area contributed by atoms with Gasteiger partial charge in [-0.2, -0.15) is 19.1 Å². The van der Waals surface area contributed by atoms with Crippen molar-refractivity contribution in [2.24, 2.45) is 21.7 Å². The third-order valence-corrected chi connectivity index (χ3v) is 7.42. The lowest BCUT2D eigenvalue weighted by Crippen LogP contribution is -2.51. The van der Waals surface area contributed by atoms with Crippen LogP contribution in [0.2, 0.25) is 10.0 Å². The molecule has 0 spiro atoms. The van der Waals surface area contributed by atoms with Crippen LogP contribution in [0.1, 0.15) is 31.7 Å². The Hall–Kier alpha value is -3.46. The quantitative estimate of drug-likeness (QED) is 0.213. The topological polar surface area (TPSA) is 119 Å². The molecule has 1 fully saturated rings. The number of hydrazone groups is 1. The van der Waals surface area contributed by atoms with E-state index in [0.717, 1.165) is 12.8 Å². The molecule has 2 aliphatic rings. The number of aliphatic imine (C=N–C) groups is 1. The summed E-state index contributed by atoms with van der Waals surface area (Å²) in [5.74, 6) is -0.409. The molecule has 4 rings (SSSR count). The number of alkyl halides is 2. The number of guanidine groups is 1. The van der Waals surface area contributed by atoms with E-state index in [0.29, 0.717) is 34.3 Å². The zero-order valence-electron chi connectivity index (χ0n) is 21.0. The number of halogens is 4. The van der Waals surface area contributed by atoms with E-state index >= 15 is 0 Å². The maximum Gasteiger partial charge on any atom is 0.387 e. The second-order valence-electron chi connectivity index (χ2n) is 9.09. The zero-order valence-corrected chi connectivity index (χ0v) is 22.5. The van der Waals surface area contributed by atoms with E-state index < -0.39 is 12.7 Å². The molecule has 13 heteroatoms. The third-order valence-electron chi connectivity index (χ3n) is 6.68. The number of carbonyl (C=O) groups is 1. The molecule has 1 aliphatic heterocycles. The molecule has 206 valence electrons. The summed E-state index contributed by atoms with van der Waals surface area (Å²) in [5.41, 5.74) is 7.67. The van der Waals surface area contributed by atoms with Crippen LogP contribution >= 0.6 is 23.2 Å². The molecule has 2 aromatic rings. The van der Waals surface area contributed by atoms with Crippen LogP contribution in [0.4, 0.5) is 14.5 Å². The van der Waals surface area contributed by atoms with Crippen LogP contribution in [0.15, 0.2) is 52.6 Å². The summed E-state index contributed by atoms with van der Waals surface area (Å²) in [4.78, 5) is 19.8. The van der Waals surface area contributed by atoms with Gasteiger partial charge in [-0.05, 0) is 44.0 Å². The molecular formula is C26H27Cl2F2N7O2. The Balaban J connectivity index is 1.73. The van der Waals surface area contributed by atoms with E-state index in [9.17, 15) is 18.8 Å². The standard InChI is InChI=1S/C26H27Cl2F2N7O2/c1-2-36(24(38)18-7-4-8-21(18)32)22-13-37(35-23(22)15-9-10-19(27)20(28)11-15)26(33-14-31)34-16-5-3-6-17(12-16)39-25(29)30/h3,5-6,9-12,18,21-22,25H,2,4,7-8,13,32H2,1H3,(H,33,34)/t18-,21+,22?/m1/s1. The first-order valence-electron chi connectivity index (χ1n) is 12.4. The molecule has 9 nitrogen and oxygen atoms in total. The molecule has 2 aromatic carbocycles. The van der Waals surface area contributed by atoms with Gasteiger partial charge in [0.25, 0.3) is 0 Å². The fourth-order valence-electron chi connectivity index (χ4n) is 4.86. The average molecular weight is 578 g/mol. The second-order valence-corrected chi connectivity index (χ2v) is 9.90. The maximum absolute atomic E-state index is 13.6. The minimum atomic E-state index is -3.00. The predicted octanol–water partition coefficient (Wildman–Crippen LogP) is 4.72. The largest absolute Gasteiger partial charge is 0.435 e. The summed E-state index contributed by atoms with van der Waals surface area (Å²) in [6.07, 6.45) is 4.22. The van der Waals surface area contributed by atoms with Crippen LogP contribution in [-0.2, 0) is 4.79 Å². The first kappa shape index (κ1) is 28.5. The van der Waals surface area contributed by atoms with Crippen LogP contribution < -0.4 is 15.8 Å². The Morgan fingerprint density at radius 3 is 2.74 bits per heavy atom. The predicted molar refractivity (Wildman–Crippen MR) is 145 cm³/mol. The normalized spacial score (nSPS) is 21.1. The van der Waals surface area contributed by atoms with Gasteiger partial charge in [0.05, 0.1) is 39.9 Å². The fraction of sp³-hybridized carbons (Fsp3) is 0.385. The molecule has 0 radical (unpaired) electrons. The molecule has 3 atom stereocenters. The van der Waals surface area contributed by atoms with E-state index in [1.54, 1.807) is 29.2 Å². The molecule has 1 saturated carbocycles. The SMILES string of the molecule is CCN(C(=O)[C@@H]1CCC[C@@H]1N)C1CN(C(=Nc2cccc(OC(F)F)c2)NC#N)N=C1c1ccc(Cl)c(Cl)c1. The maximum atomic E-state index is 13.6. The minimum absolute atomic E-state index is 0.0350. The minimum Gasteiger partial charge on any atom is -0.435 e. The number of nitriles is 1. The van der Waals surface area contributed by atoms with Crippen LogP contribution in [-0.4, -0.2) is 59.3 Å². The van der Waals surface area contributed by atoms with E-state index in [2.05, 4.69) is 15.0 Å². The lowest BCUT2D eigenvalue weighted by molar-refractivity contribution is -0.136. The van der Waals surface area contributed by atoms with Crippen LogP contribution in [0.25, 0.3) is 0 Å². The molecule has 1 heterocycles. The Labute approximate surface area is 234 Å². The van der Waals surface area contributed by atoms with Gasteiger partial charge in [0.1, 0.15) is 5.75 Å². The number of nitrogens with two attached hydrogens (primary N) is 1. The van der Waals surface area contributed by atoms with Crippen molar-refractivity contribution >= 4 is 46.5 Å². The van der Waals surface area contributed by atoms with Crippen molar-refractivity contribution in [3.63, 3.8) is 0 Å². The van der Waals surface area contributed by atoms with Crippen molar-refractivity contribution in [3.8, 4) is 11.9 Å². The number of rotatable bonds is 7. The first-order chi connectivity index (χ1) is 18.7. The van der Waals surface area contributed by atoms with Crippen molar-refractivity contribution in [2.45, 2.75) is 44.9 Å². The van der Waals surface area contributed by atoms with Crippen LogP contribution in [0, 0.1) is 17.4 Å². The highest BCUT2D eigenvalue weighted by molar-refractivity contribution is 6.42. The van der Waals surface area contributed by atoms with Gasteiger partial charge < -0.3 is 15.4 Å². The van der Waals surface area contributed by atoms with Gasteiger partial charge in [-0.3, -0.25) is 10.1 Å². The number of amides is 1. The number of benzene rings is 2. The molecular weight excluding hydrogens is 551 g/mol. The van der Waals surface area contributed by atoms with Crippen molar-refractivity contribution < 1.29 is 18.3 Å². The van der Waals surface area contributed by atoms with Gasteiger partial charge >= 0.3 is 6.61 Å². The van der Waals surface area contributed by atoms with E-state index in [1.807, 2.05) is 13.1 Å². The van der Waals surface area contributed by atoms with Crippen molar-refractivity contribution in [3.05, 3.63) is 58.1 Å². The second kappa shape index (κ2) is 12.6. The Kier molecular flexibility index (Phi) is 9.22. The molecule has 0 aromatic heterocycles. The van der Waals surface area contributed by atoms with Gasteiger partial charge in [-0.1, -0.05) is 41.8 Å². The highest BCUT2D eigenvalue weighted by Gasteiger charge is 2.41. The number of carbonyl (C=O) groups excluding carboxylic acids is 1.